The van der Waals surface area contributed by atoms with Crippen molar-refractivity contribution in [2.45, 2.75) is 57.2 Å². The van der Waals surface area contributed by atoms with Gasteiger partial charge < -0.3 is 9.84 Å². The number of hydrogen-bond acceptors (Lipinski definition) is 2. The minimum atomic E-state index is -0.711. The molecule has 1 saturated heterocycles. The number of aliphatic hydroxyl groups excluding tert-OH is 1. The van der Waals surface area contributed by atoms with E-state index in [1.54, 1.807) is 6.07 Å². The first-order valence-corrected chi connectivity index (χ1v) is 7.68. The topological polar surface area (TPSA) is 29.5 Å². The predicted octanol–water partition coefficient (Wildman–Crippen LogP) is 3.91. The molecule has 0 aromatic heterocycles. The van der Waals surface area contributed by atoms with Crippen molar-refractivity contribution in [1.82, 2.24) is 0 Å². The molecule has 2 nitrogen and oxygen atoms in total. The summed E-state index contributed by atoms with van der Waals surface area (Å²) in [6.45, 7) is 2.55. The van der Waals surface area contributed by atoms with Crippen LogP contribution in [-0.4, -0.2) is 17.3 Å². The minimum Gasteiger partial charge on any atom is -0.388 e. The van der Waals surface area contributed by atoms with Gasteiger partial charge in [-0.1, -0.05) is 25.0 Å². The van der Waals surface area contributed by atoms with Crippen molar-refractivity contribution in [3.8, 4) is 0 Å². The van der Waals surface area contributed by atoms with Gasteiger partial charge in [0.15, 0.2) is 0 Å². The van der Waals surface area contributed by atoms with Gasteiger partial charge in [-0.2, -0.15) is 0 Å². The molecule has 1 aromatic carbocycles. The van der Waals surface area contributed by atoms with Crippen molar-refractivity contribution >= 4 is 0 Å². The normalized spacial score (nSPS) is 26.9. The molecule has 1 aliphatic heterocycles. The van der Waals surface area contributed by atoms with Gasteiger partial charge >= 0.3 is 0 Å². The fourth-order valence-electron chi connectivity index (χ4n) is 3.83. The van der Waals surface area contributed by atoms with E-state index in [4.69, 9.17) is 4.74 Å². The Morgan fingerprint density at radius 3 is 2.80 bits per heavy atom. The largest absolute Gasteiger partial charge is 0.388 e. The average Bonchev–Trinajstić information content (AvgIpc) is 2.86. The van der Waals surface area contributed by atoms with E-state index in [0.717, 1.165) is 31.2 Å². The highest BCUT2D eigenvalue weighted by Gasteiger charge is 2.42. The van der Waals surface area contributed by atoms with Crippen LogP contribution < -0.4 is 0 Å². The number of rotatable bonds is 2. The van der Waals surface area contributed by atoms with Gasteiger partial charge in [0.1, 0.15) is 5.82 Å². The van der Waals surface area contributed by atoms with Crippen LogP contribution in [0.5, 0.6) is 0 Å². The van der Waals surface area contributed by atoms with Gasteiger partial charge in [0, 0.05) is 12.2 Å². The lowest BCUT2D eigenvalue weighted by atomic mass is 9.79. The van der Waals surface area contributed by atoms with Crippen molar-refractivity contribution in [3.63, 3.8) is 0 Å². The Morgan fingerprint density at radius 2 is 2.10 bits per heavy atom. The van der Waals surface area contributed by atoms with Crippen molar-refractivity contribution in [1.29, 1.82) is 0 Å². The fourth-order valence-corrected chi connectivity index (χ4v) is 3.83. The predicted molar refractivity (Wildman–Crippen MR) is 76.0 cm³/mol. The molecule has 3 heteroatoms. The van der Waals surface area contributed by atoms with Crippen LogP contribution in [0.4, 0.5) is 4.39 Å². The van der Waals surface area contributed by atoms with Gasteiger partial charge in [-0.25, -0.2) is 4.39 Å². The number of hydrogen-bond donors (Lipinski definition) is 1. The SMILES string of the molecule is Cc1ccc(C(O)C2CCOC3(CCCC3)C2)c(F)c1. The molecular weight excluding hydrogens is 255 g/mol. The van der Waals surface area contributed by atoms with Crippen molar-refractivity contribution in [3.05, 3.63) is 35.1 Å². The van der Waals surface area contributed by atoms with Crippen molar-refractivity contribution < 1.29 is 14.2 Å². The first-order chi connectivity index (χ1) is 9.60. The first-order valence-electron chi connectivity index (χ1n) is 7.68. The van der Waals surface area contributed by atoms with Crippen molar-refractivity contribution in [2.24, 2.45) is 5.92 Å². The number of ether oxygens (including phenoxy) is 1. The number of aryl methyl sites for hydroxylation is 1. The highest BCUT2D eigenvalue weighted by Crippen LogP contribution is 2.45. The average molecular weight is 278 g/mol. The maximum absolute atomic E-state index is 14.0. The van der Waals surface area contributed by atoms with E-state index in [9.17, 15) is 9.50 Å². The first kappa shape index (κ1) is 14.0. The third kappa shape index (κ3) is 2.61. The zero-order chi connectivity index (χ0) is 14.2. The van der Waals surface area contributed by atoms with Gasteiger partial charge in [-0.3, -0.25) is 0 Å². The second-order valence-corrected chi connectivity index (χ2v) is 6.46. The zero-order valence-corrected chi connectivity index (χ0v) is 12.1. The third-order valence-electron chi connectivity index (χ3n) is 4.97. The van der Waals surface area contributed by atoms with Gasteiger partial charge in [-0.15, -0.1) is 0 Å². The molecule has 1 spiro atoms. The van der Waals surface area contributed by atoms with E-state index in [2.05, 4.69) is 0 Å². The van der Waals surface area contributed by atoms with Crippen LogP contribution in [-0.2, 0) is 4.74 Å². The summed E-state index contributed by atoms with van der Waals surface area (Å²) in [5, 5.41) is 10.6. The second-order valence-electron chi connectivity index (χ2n) is 6.46. The summed E-state index contributed by atoms with van der Waals surface area (Å²) in [6, 6.07) is 5.10. The summed E-state index contributed by atoms with van der Waals surface area (Å²) in [7, 11) is 0. The number of halogens is 1. The van der Waals surface area contributed by atoms with Crippen LogP contribution in [0.2, 0.25) is 0 Å². The molecule has 2 fully saturated rings. The zero-order valence-electron chi connectivity index (χ0n) is 12.1. The van der Waals surface area contributed by atoms with Crippen molar-refractivity contribution in [2.75, 3.05) is 6.61 Å². The molecule has 20 heavy (non-hydrogen) atoms. The van der Waals surface area contributed by atoms with Crippen LogP contribution in [0, 0.1) is 18.7 Å². The molecule has 0 radical (unpaired) electrons. The van der Waals surface area contributed by atoms with Gasteiger partial charge in [-0.05, 0) is 50.2 Å². The molecule has 1 heterocycles. The third-order valence-corrected chi connectivity index (χ3v) is 4.97. The second kappa shape index (κ2) is 5.45. The Bertz CT molecular complexity index is 480. The van der Waals surface area contributed by atoms with E-state index in [1.807, 2.05) is 13.0 Å². The van der Waals surface area contributed by atoms with E-state index in [1.165, 1.54) is 18.9 Å². The van der Waals surface area contributed by atoms with Gasteiger partial charge in [0.05, 0.1) is 11.7 Å². The minimum absolute atomic E-state index is 0.0366. The lowest BCUT2D eigenvalue weighted by Gasteiger charge is -2.40. The quantitative estimate of drug-likeness (QED) is 0.889. The highest BCUT2D eigenvalue weighted by molar-refractivity contribution is 5.25. The summed E-state index contributed by atoms with van der Waals surface area (Å²) >= 11 is 0. The summed E-state index contributed by atoms with van der Waals surface area (Å²) < 4.78 is 20.0. The standard InChI is InChI=1S/C17H23FO2/c1-12-4-5-14(15(18)10-12)16(19)13-6-9-20-17(11-13)7-2-3-8-17/h4-5,10,13,16,19H,2-3,6-9,11H2,1H3. The molecule has 1 N–H and O–H groups in total. The summed E-state index contributed by atoms with van der Waals surface area (Å²) in [4.78, 5) is 0. The van der Waals surface area contributed by atoms with E-state index >= 15 is 0 Å². The van der Waals surface area contributed by atoms with Gasteiger partial charge in [0.2, 0.25) is 0 Å². The van der Waals surface area contributed by atoms with E-state index in [-0.39, 0.29) is 17.3 Å². The molecule has 2 unspecified atom stereocenters. The molecule has 0 amide bonds. The van der Waals surface area contributed by atoms with Crippen LogP contribution >= 0.6 is 0 Å². The molecule has 110 valence electrons. The Kier molecular flexibility index (Phi) is 3.83. The summed E-state index contributed by atoms with van der Waals surface area (Å²) in [5.74, 6) is -0.177. The molecule has 0 bridgehead atoms. The smallest absolute Gasteiger partial charge is 0.129 e. The fraction of sp³-hybridized carbons (Fsp3) is 0.647. The van der Waals surface area contributed by atoms with Crippen LogP contribution in [0.25, 0.3) is 0 Å². The van der Waals surface area contributed by atoms with Crippen LogP contribution in [0.1, 0.15) is 55.8 Å². The Labute approximate surface area is 120 Å². The van der Waals surface area contributed by atoms with Crippen LogP contribution in [0.3, 0.4) is 0 Å². The van der Waals surface area contributed by atoms with E-state index < -0.39 is 6.10 Å². The number of benzene rings is 1. The summed E-state index contributed by atoms with van der Waals surface area (Å²) in [6.07, 6.45) is 5.57. The number of aliphatic hydroxyl groups is 1. The lowest BCUT2D eigenvalue weighted by molar-refractivity contribution is -0.113. The highest BCUT2D eigenvalue weighted by atomic mass is 19.1. The molecule has 1 aliphatic carbocycles. The molecule has 3 rings (SSSR count). The Morgan fingerprint density at radius 1 is 1.35 bits per heavy atom. The monoisotopic (exact) mass is 278 g/mol. The van der Waals surface area contributed by atoms with Gasteiger partial charge in [0.25, 0.3) is 0 Å². The van der Waals surface area contributed by atoms with Crippen LogP contribution in [0.15, 0.2) is 18.2 Å². The summed E-state index contributed by atoms with van der Waals surface area (Å²) in [5.41, 5.74) is 1.29. The molecular formula is C17H23FO2. The molecule has 1 aromatic rings. The molecule has 2 aliphatic rings. The molecule has 2 atom stereocenters. The molecule has 1 saturated carbocycles. The maximum atomic E-state index is 14.0. The maximum Gasteiger partial charge on any atom is 0.129 e. The Hall–Kier alpha value is -0.930. The van der Waals surface area contributed by atoms with E-state index in [0.29, 0.717) is 12.2 Å². The Balaban J connectivity index is 1.77. The lowest BCUT2D eigenvalue weighted by Crippen LogP contribution is -2.39.